The van der Waals surface area contributed by atoms with E-state index in [2.05, 4.69) is 4.98 Å². The number of hydrogen-bond acceptors (Lipinski definition) is 4. The van der Waals surface area contributed by atoms with Gasteiger partial charge in [-0.1, -0.05) is 0 Å². The molecular formula is C14H16F3N5O. The summed E-state index contributed by atoms with van der Waals surface area (Å²) < 4.78 is 41.2. The van der Waals surface area contributed by atoms with Crippen molar-refractivity contribution in [2.24, 2.45) is 11.5 Å². The fraction of sp³-hybridized carbons (Fsp3) is 0.429. The Hall–Kier alpha value is -2.29. The molecule has 3 heterocycles. The van der Waals surface area contributed by atoms with Gasteiger partial charge in [0.1, 0.15) is 5.65 Å². The number of anilines is 1. The van der Waals surface area contributed by atoms with Crippen LogP contribution in [0.5, 0.6) is 0 Å². The van der Waals surface area contributed by atoms with Crippen LogP contribution in [0.4, 0.5) is 23.7 Å². The maximum atomic E-state index is 13.4. The van der Waals surface area contributed by atoms with E-state index in [1.165, 1.54) is 12.3 Å². The smallest absolute Gasteiger partial charge is 0.369 e. The molecule has 124 valence electrons. The predicted molar refractivity (Wildman–Crippen MR) is 79.1 cm³/mol. The minimum atomic E-state index is -4.55. The Morgan fingerprint density at radius 2 is 2.13 bits per heavy atom. The molecule has 1 aliphatic heterocycles. The maximum absolute atomic E-state index is 13.4. The number of hydrogen-bond donors (Lipinski definition) is 2. The molecule has 0 radical (unpaired) electrons. The van der Waals surface area contributed by atoms with Crippen molar-refractivity contribution in [1.29, 1.82) is 0 Å². The zero-order valence-corrected chi connectivity index (χ0v) is 12.2. The molecular weight excluding hydrogens is 311 g/mol. The molecule has 0 bridgehead atoms. The number of nitrogens with zero attached hydrogens (tertiary/aromatic N) is 3. The number of carbonyl (C=O) groups is 1. The summed E-state index contributed by atoms with van der Waals surface area (Å²) in [7, 11) is 0. The second kappa shape index (κ2) is 5.41. The van der Waals surface area contributed by atoms with Crippen molar-refractivity contribution < 1.29 is 18.0 Å². The van der Waals surface area contributed by atoms with Gasteiger partial charge in [0.25, 0.3) is 0 Å². The first-order chi connectivity index (χ1) is 10.8. The van der Waals surface area contributed by atoms with E-state index in [1.54, 1.807) is 4.90 Å². The molecule has 1 atom stereocenters. The lowest BCUT2D eigenvalue weighted by Crippen LogP contribution is -2.43. The number of amides is 1. The van der Waals surface area contributed by atoms with Crippen LogP contribution in [0, 0.1) is 0 Å². The van der Waals surface area contributed by atoms with Crippen molar-refractivity contribution in [3.05, 3.63) is 24.0 Å². The van der Waals surface area contributed by atoms with Crippen molar-refractivity contribution in [1.82, 2.24) is 9.55 Å². The molecule has 3 rings (SSSR count). The number of fused-ring (bicyclic) bond motifs is 1. The van der Waals surface area contributed by atoms with Gasteiger partial charge in [-0.15, -0.1) is 0 Å². The summed E-state index contributed by atoms with van der Waals surface area (Å²) in [5.41, 5.74) is 10.4. The SMILES string of the molecule is NC(=O)n1ccc2c(N3CCC[C@@H](N)C3)c(C(F)(F)F)cnc21. The van der Waals surface area contributed by atoms with Gasteiger partial charge in [-0.3, -0.25) is 4.57 Å². The first kappa shape index (κ1) is 15.6. The zero-order valence-electron chi connectivity index (χ0n) is 12.2. The lowest BCUT2D eigenvalue weighted by atomic mass is 10.0. The molecule has 0 aliphatic carbocycles. The molecule has 4 N–H and O–H groups in total. The topological polar surface area (TPSA) is 90.2 Å². The Bertz CT molecular complexity index is 755. The first-order valence-corrected chi connectivity index (χ1v) is 7.16. The summed E-state index contributed by atoms with van der Waals surface area (Å²) >= 11 is 0. The van der Waals surface area contributed by atoms with Crippen molar-refractivity contribution >= 4 is 22.8 Å². The van der Waals surface area contributed by atoms with Gasteiger partial charge in [-0.05, 0) is 18.9 Å². The van der Waals surface area contributed by atoms with Crippen LogP contribution in [-0.4, -0.2) is 34.7 Å². The van der Waals surface area contributed by atoms with Crippen LogP contribution in [0.3, 0.4) is 0 Å². The molecule has 0 saturated carbocycles. The average molecular weight is 327 g/mol. The summed E-state index contributed by atoms with van der Waals surface area (Å²) in [6.07, 6.45) is -0.995. The van der Waals surface area contributed by atoms with Crippen LogP contribution in [0.1, 0.15) is 18.4 Å². The van der Waals surface area contributed by atoms with Crippen molar-refractivity contribution in [3.8, 4) is 0 Å². The Morgan fingerprint density at radius 1 is 1.39 bits per heavy atom. The van der Waals surface area contributed by atoms with Crippen molar-refractivity contribution in [2.45, 2.75) is 25.1 Å². The minimum absolute atomic E-state index is 0.0117. The molecule has 9 heteroatoms. The van der Waals surface area contributed by atoms with Gasteiger partial charge in [0.2, 0.25) is 0 Å². The molecule has 2 aromatic heterocycles. The number of alkyl halides is 3. The molecule has 2 aromatic rings. The van der Waals surface area contributed by atoms with Gasteiger partial charge in [-0.25, -0.2) is 9.78 Å². The Labute approximate surface area is 129 Å². The number of halogens is 3. The quantitative estimate of drug-likeness (QED) is 0.837. The second-order valence-corrected chi connectivity index (χ2v) is 5.63. The summed E-state index contributed by atoms with van der Waals surface area (Å²) in [5, 5.41) is 0.243. The van der Waals surface area contributed by atoms with Crippen LogP contribution in [0.15, 0.2) is 18.5 Å². The number of piperidine rings is 1. The largest absolute Gasteiger partial charge is 0.419 e. The molecule has 1 saturated heterocycles. The van der Waals surface area contributed by atoms with Crippen LogP contribution in [0.2, 0.25) is 0 Å². The normalized spacial score (nSPS) is 19.3. The fourth-order valence-electron chi connectivity index (χ4n) is 3.01. The van der Waals surface area contributed by atoms with E-state index in [0.29, 0.717) is 19.5 Å². The zero-order chi connectivity index (χ0) is 16.8. The third kappa shape index (κ3) is 2.72. The number of aromatic nitrogens is 2. The molecule has 6 nitrogen and oxygen atoms in total. The third-order valence-corrected chi connectivity index (χ3v) is 4.00. The lowest BCUT2D eigenvalue weighted by Gasteiger charge is -2.34. The van der Waals surface area contributed by atoms with E-state index < -0.39 is 17.8 Å². The van der Waals surface area contributed by atoms with Crippen LogP contribution < -0.4 is 16.4 Å². The van der Waals surface area contributed by atoms with Gasteiger partial charge < -0.3 is 16.4 Å². The standard InChI is InChI=1S/C14H16F3N5O/c15-14(16,17)10-6-20-12-9(3-5-22(12)13(19)23)11(10)21-4-1-2-8(18)7-21/h3,5-6,8H,1-2,4,7,18H2,(H2,19,23)/t8-/m1/s1. The number of pyridine rings is 1. The summed E-state index contributed by atoms with van der Waals surface area (Å²) in [5.74, 6) is 0. The highest BCUT2D eigenvalue weighted by Gasteiger charge is 2.37. The van der Waals surface area contributed by atoms with Crippen LogP contribution in [-0.2, 0) is 6.18 Å². The van der Waals surface area contributed by atoms with Gasteiger partial charge in [0, 0.05) is 36.9 Å². The lowest BCUT2D eigenvalue weighted by molar-refractivity contribution is -0.137. The molecule has 1 fully saturated rings. The number of rotatable bonds is 1. The van der Waals surface area contributed by atoms with E-state index in [-0.39, 0.29) is 22.8 Å². The molecule has 1 aliphatic rings. The van der Waals surface area contributed by atoms with E-state index in [1.807, 2.05) is 0 Å². The summed E-state index contributed by atoms with van der Waals surface area (Å²) in [6.45, 7) is 0.793. The van der Waals surface area contributed by atoms with Crippen molar-refractivity contribution in [3.63, 3.8) is 0 Å². The Kier molecular flexibility index (Phi) is 3.67. The van der Waals surface area contributed by atoms with Crippen LogP contribution in [0.25, 0.3) is 11.0 Å². The second-order valence-electron chi connectivity index (χ2n) is 5.63. The molecule has 0 unspecified atom stereocenters. The fourth-order valence-corrected chi connectivity index (χ4v) is 3.01. The van der Waals surface area contributed by atoms with Crippen molar-refractivity contribution in [2.75, 3.05) is 18.0 Å². The maximum Gasteiger partial charge on any atom is 0.419 e. The number of carbonyl (C=O) groups excluding carboxylic acids is 1. The van der Waals surface area contributed by atoms with Gasteiger partial charge in [-0.2, -0.15) is 13.2 Å². The van der Waals surface area contributed by atoms with E-state index in [9.17, 15) is 18.0 Å². The average Bonchev–Trinajstić information content (AvgIpc) is 2.89. The molecule has 23 heavy (non-hydrogen) atoms. The minimum Gasteiger partial charge on any atom is -0.369 e. The van der Waals surface area contributed by atoms with Crippen LogP contribution >= 0.6 is 0 Å². The Morgan fingerprint density at radius 3 is 2.74 bits per heavy atom. The van der Waals surface area contributed by atoms with Gasteiger partial charge in [0.15, 0.2) is 0 Å². The monoisotopic (exact) mass is 327 g/mol. The third-order valence-electron chi connectivity index (χ3n) is 4.00. The Balaban J connectivity index is 2.23. The summed E-state index contributed by atoms with van der Waals surface area (Å²) in [6, 6.07) is 0.442. The highest BCUT2D eigenvalue weighted by atomic mass is 19.4. The van der Waals surface area contributed by atoms with Gasteiger partial charge >= 0.3 is 12.2 Å². The molecule has 0 spiro atoms. The van der Waals surface area contributed by atoms with Gasteiger partial charge in [0.05, 0.1) is 11.3 Å². The molecule has 0 aromatic carbocycles. The number of primary amides is 1. The van der Waals surface area contributed by atoms with E-state index in [4.69, 9.17) is 11.5 Å². The number of nitrogens with two attached hydrogens (primary N) is 2. The highest BCUT2D eigenvalue weighted by molar-refractivity contribution is 5.97. The predicted octanol–water partition coefficient (Wildman–Crippen LogP) is 1.91. The first-order valence-electron chi connectivity index (χ1n) is 7.16. The van der Waals surface area contributed by atoms with E-state index in [0.717, 1.165) is 17.2 Å². The summed E-state index contributed by atoms with van der Waals surface area (Å²) in [4.78, 5) is 16.8. The molecule has 1 amide bonds. The highest BCUT2D eigenvalue weighted by Crippen LogP contribution is 2.41. The van der Waals surface area contributed by atoms with E-state index >= 15 is 0 Å².